The number of hydrogen-bond acceptors (Lipinski definition) is 3. The summed E-state index contributed by atoms with van der Waals surface area (Å²) >= 11 is 0. The van der Waals surface area contributed by atoms with Crippen LogP contribution >= 0.6 is 0 Å². The fraction of sp³-hybridized carbons (Fsp3) is 0.300. The van der Waals surface area contributed by atoms with E-state index in [0.29, 0.717) is 11.8 Å². The Bertz CT molecular complexity index is 308. The molecule has 0 saturated carbocycles. The second-order valence-electron chi connectivity index (χ2n) is 2.45. The zero-order chi connectivity index (χ0) is 9.68. The summed E-state index contributed by atoms with van der Waals surface area (Å²) in [4.78, 5) is 4.13. The summed E-state index contributed by atoms with van der Waals surface area (Å²) in [6.07, 6.45) is 3.87. The average molecular weight is 179 g/mol. The van der Waals surface area contributed by atoms with E-state index >= 15 is 0 Å². The molecule has 0 atom stereocenters. The normalized spacial score (nSPS) is 10.4. The van der Waals surface area contributed by atoms with Crippen molar-refractivity contribution in [1.29, 1.82) is 0 Å². The number of hydrogen-bond donors (Lipinski definition) is 0. The molecule has 70 valence electrons. The van der Waals surface area contributed by atoms with Crippen LogP contribution in [0.2, 0.25) is 0 Å². The first kappa shape index (κ1) is 9.58. The monoisotopic (exact) mass is 179 g/mol. The van der Waals surface area contributed by atoms with Gasteiger partial charge in [-0.25, -0.2) is 0 Å². The molecule has 1 heterocycles. The summed E-state index contributed by atoms with van der Waals surface area (Å²) in [5.41, 5.74) is 0.950. The van der Waals surface area contributed by atoms with Crippen molar-refractivity contribution in [2.24, 2.45) is 0 Å². The van der Waals surface area contributed by atoms with Gasteiger partial charge < -0.3 is 9.47 Å². The molecule has 0 aliphatic carbocycles. The van der Waals surface area contributed by atoms with Crippen LogP contribution in [-0.4, -0.2) is 19.2 Å². The van der Waals surface area contributed by atoms with E-state index in [2.05, 4.69) is 4.98 Å². The maximum Gasteiger partial charge on any atom is 0.223 e. The van der Waals surface area contributed by atoms with Crippen molar-refractivity contribution >= 4 is 6.08 Å². The van der Waals surface area contributed by atoms with Gasteiger partial charge >= 0.3 is 0 Å². The maximum atomic E-state index is 5.10. The summed E-state index contributed by atoms with van der Waals surface area (Å²) in [6, 6.07) is 3.71. The molecular formula is C10H13NO2. The maximum absolute atomic E-state index is 5.10. The van der Waals surface area contributed by atoms with Gasteiger partial charge in [0.15, 0.2) is 0 Å². The van der Waals surface area contributed by atoms with Crippen molar-refractivity contribution in [3.8, 4) is 11.8 Å². The second kappa shape index (κ2) is 4.50. The number of ether oxygens (including phenoxy) is 2. The highest BCUT2D eigenvalue weighted by atomic mass is 16.5. The average Bonchev–Trinajstić information content (AvgIpc) is 2.19. The molecule has 0 amide bonds. The van der Waals surface area contributed by atoms with Crippen molar-refractivity contribution in [3.63, 3.8) is 0 Å². The van der Waals surface area contributed by atoms with Crippen LogP contribution < -0.4 is 9.47 Å². The zero-order valence-corrected chi connectivity index (χ0v) is 8.07. The molecule has 1 aromatic heterocycles. The third-order valence-electron chi connectivity index (χ3n) is 1.61. The molecule has 0 aliphatic heterocycles. The number of methoxy groups -OCH3 is 2. The highest BCUT2D eigenvalue weighted by Crippen LogP contribution is 2.20. The summed E-state index contributed by atoms with van der Waals surface area (Å²) in [6.45, 7) is 1.95. The summed E-state index contributed by atoms with van der Waals surface area (Å²) in [5.74, 6) is 1.14. The van der Waals surface area contributed by atoms with Crippen LogP contribution in [0.3, 0.4) is 0 Å². The van der Waals surface area contributed by atoms with Crippen LogP contribution in [0.5, 0.6) is 11.8 Å². The Labute approximate surface area is 78.0 Å². The standard InChI is InChI=1S/C10H13NO2/c1-4-5-8-6-7-9(12-2)11-10(8)13-3/h4-7H,1-3H3/b5-4+. The molecule has 0 aromatic carbocycles. The van der Waals surface area contributed by atoms with E-state index in [4.69, 9.17) is 9.47 Å². The molecule has 1 aromatic rings. The number of pyridine rings is 1. The van der Waals surface area contributed by atoms with Crippen molar-refractivity contribution in [2.75, 3.05) is 14.2 Å². The van der Waals surface area contributed by atoms with E-state index in [0.717, 1.165) is 5.56 Å². The minimum atomic E-state index is 0.560. The topological polar surface area (TPSA) is 31.4 Å². The summed E-state index contributed by atoms with van der Waals surface area (Å²) < 4.78 is 10.1. The molecule has 3 heteroatoms. The largest absolute Gasteiger partial charge is 0.481 e. The summed E-state index contributed by atoms with van der Waals surface area (Å²) in [7, 11) is 3.17. The van der Waals surface area contributed by atoms with Crippen LogP contribution in [-0.2, 0) is 0 Å². The fourth-order valence-corrected chi connectivity index (χ4v) is 1.02. The van der Waals surface area contributed by atoms with Crippen LogP contribution in [0.15, 0.2) is 18.2 Å². The Morgan fingerprint density at radius 3 is 2.54 bits per heavy atom. The first-order valence-corrected chi connectivity index (χ1v) is 4.03. The van der Waals surface area contributed by atoms with Gasteiger partial charge in [-0.15, -0.1) is 0 Å². The number of allylic oxidation sites excluding steroid dienone is 1. The quantitative estimate of drug-likeness (QED) is 0.712. The van der Waals surface area contributed by atoms with E-state index in [1.54, 1.807) is 20.3 Å². The minimum absolute atomic E-state index is 0.560. The molecule has 0 N–H and O–H groups in total. The van der Waals surface area contributed by atoms with Gasteiger partial charge in [-0.05, 0) is 13.0 Å². The zero-order valence-electron chi connectivity index (χ0n) is 8.07. The molecule has 0 spiro atoms. The van der Waals surface area contributed by atoms with E-state index in [9.17, 15) is 0 Å². The molecule has 0 radical (unpaired) electrons. The smallest absolute Gasteiger partial charge is 0.223 e. The van der Waals surface area contributed by atoms with Crippen molar-refractivity contribution in [1.82, 2.24) is 4.98 Å². The molecule has 0 aliphatic rings. The van der Waals surface area contributed by atoms with Crippen LogP contribution in [0, 0.1) is 0 Å². The highest BCUT2D eigenvalue weighted by Gasteiger charge is 2.02. The van der Waals surface area contributed by atoms with Gasteiger partial charge in [0.25, 0.3) is 0 Å². The number of rotatable bonds is 3. The Morgan fingerprint density at radius 2 is 2.00 bits per heavy atom. The van der Waals surface area contributed by atoms with Gasteiger partial charge in [0.2, 0.25) is 11.8 Å². The predicted molar refractivity (Wildman–Crippen MR) is 52.0 cm³/mol. The van der Waals surface area contributed by atoms with Gasteiger partial charge in [0.05, 0.1) is 14.2 Å². The third-order valence-corrected chi connectivity index (χ3v) is 1.61. The molecule has 3 nitrogen and oxygen atoms in total. The van der Waals surface area contributed by atoms with E-state index < -0.39 is 0 Å². The van der Waals surface area contributed by atoms with Gasteiger partial charge in [-0.2, -0.15) is 4.98 Å². The molecule has 0 saturated heterocycles. The number of nitrogens with zero attached hydrogens (tertiary/aromatic N) is 1. The lowest BCUT2D eigenvalue weighted by Gasteiger charge is -2.05. The highest BCUT2D eigenvalue weighted by molar-refractivity contribution is 5.55. The van der Waals surface area contributed by atoms with Crippen molar-refractivity contribution < 1.29 is 9.47 Å². The SMILES string of the molecule is C/C=C/c1ccc(OC)nc1OC. The molecule has 0 fully saturated rings. The third kappa shape index (κ3) is 2.21. The Morgan fingerprint density at radius 1 is 1.23 bits per heavy atom. The molecule has 1 rings (SSSR count). The first-order valence-electron chi connectivity index (χ1n) is 4.03. The Balaban J connectivity index is 3.07. The lowest BCUT2D eigenvalue weighted by molar-refractivity contribution is 0.364. The van der Waals surface area contributed by atoms with Crippen LogP contribution in [0.25, 0.3) is 6.08 Å². The predicted octanol–water partition coefficient (Wildman–Crippen LogP) is 2.13. The molecule has 0 bridgehead atoms. The van der Waals surface area contributed by atoms with E-state index in [-0.39, 0.29) is 0 Å². The first-order chi connectivity index (χ1) is 6.31. The van der Waals surface area contributed by atoms with Crippen LogP contribution in [0.1, 0.15) is 12.5 Å². The second-order valence-corrected chi connectivity index (χ2v) is 2.45. The lowest BCUT2D eigenvalue weighted by Crippen LogP contribution is -1.94. The number of aromatic nitrogens is 1. The van der Waals surface area contributed by atoms with Crippen LogP contribution in [0.4, 0.5) is 0 Å². The molecular weight excluding hydrogens is 166 g/mol. The lowest BCUT2D eigenvalue weighted by atomic mass is 10.2. The van der Waals surface area contributed by atoms with E-state index in [1.165, 1.54) is 0 Å². The van der Waals surface area contributed by atoms with Crippen molar-refractivity contribution in [3.05, 3.63) is 23.8 Å². The van der Waals surface area contributed by atoms with Gasteiger partial charge in [-0.3, -0.25) is 0 Å². The molecule has 13 heavy (non-hydrogen) atoms. The van der Waals surface area contributed by atoms with E-state index in [1.807, 2.05) is 25.1 Å². The molecule has 0 unspecified atom stereocenters. The van der Waals surface area contributed by atoms with Crippen molar-refractivity contribution in [2.45, 2.75) is 6.92 Å². The fourth-order valence-electron chi connectivity index (χ4n) is 1.02. The minimum Gasteiger partial charge on any atom is -0.481 e. The Hall–Kier alpha value is -1.51. The van der Waals surface area contributed by atoms with Gasteiger partial charge in [0, 0.05) is 11.6 Å². The Kier molecular flexibility index (Phi) is 3.31. The summed E-state index contributed by atoms with van der Waals surface area (Å²) in [5, 5.41) is 0. The van der Waals surface area contributed by atoms with Gasteiger partial charge in [0.1, 0.15) is 0 Å². The van der Waals surface area contributed by atoms with Gasteiger partial charge in [-0.1, -0.05) is 12.2 Å².